The summed E-state index contributed by atoms with van der Waals surface area (Å²) in [6.45, 7) is 4.22. The molecule has 1 aromatic heterocycles. The molecule has 2 aromatic carbocycles. The minimum atomic E-state index is 0.931. The van der Waals surface area contributed by atoms with Gasteiger partial charge in [0.2, 0.25) is 0 Å². The first-order chi connectivity index (χ1) is 8.63. The third-order valence-corrected chi connectivity index (χ3v) is 3.57. The van der Waals surface area contributed by atoms with E-state index >= 15 is 0 Å². The van der Waals surface area contributed by atoms with E-state index in [4.69, 9.17) is 0 Å². The van der Waals surface area contributed by atoms with Gasteiger partial charge in [0.25, 0.3) is 0 Å². The lowest BCUT2D eigenvalue weighted by atomic mass is 10.1. The second kappa shape index (κ2) is 4.25. The Hall–Kier alpha value is -1.61. The van der Waals surface area contributed by atoms with Gasteiger partial charge in [-0.3, -0.25) is 0 Å². The average molecular weight is 301 g/mol. The number of nitrogens with one attached hydrogen (secondary N) is 1. The van der Waals surface area contributed by atoms with Gasteiger partial charge in [-0.2, -0.15) is 0 Å². The van der Waals surface area contributed by atoms with Gasteiger partial charge in [-0.25, -0.2) is 4.98 Å². The van der Waals surface area contributed by atoms with E-state index in [1.165, 1.54) is 11.1 Å². The van der Waals surface area contributed by atoms with Crippen LogP contribution in [0, 0.1) is 13.8 Å². The lowest BCUT2D eigenvalue weighted by Gasteiger charge is -2.03. The number of benzene rings is 2. The molecule has 0 saturated heterocycles. The Labute approximate surface area is 114 Å². The fraction of sp³-hybridized carbons (Fsp3) is 0.133. The highest BCUT2D eigenvalue weighted by molar-refractivity contribution is 9.10. The van der Waals surface area contributed by atoms with Gasteiger partial charge in [-0.15, -0.1) is 0 Å². The van der Waals surface area contributed by atoms with Crippen LogP contribution in [-0.2, 0) is 0 Å². The summed E-state index contributed by atoms with van der Waals surface area (Å²) in [6, 6.07) is 12.5. The van der Waals surface area contributed by atoms with Crippen molar-refractivity contribution >= 4 is 27.0 Å². The average Bonchev–Trinajstić information content (AvgIpc) is 2.71. The van der Waals surface area contributed by atoms with E-state index in [2.05, 4.69) is 64.0 Å². The van der Waals surface area contributed by atoms with Crippen LogP contribution in [0.4, 0.5) is 0 Å². The Morgan fingerprint density at radius 3 is 2.67 bits per heavy atom. The van der Waals surface area contributed by atoms with Crippen LogP contribution in [0.15, 0.2) is 40.9 Å². The smallest absolute Gasteiger partial charge is 0.138 e. The molecule has 0 bridgehead atoms. The maximum atomic E-state index is 4.64. The molecule has 3 heteroatoms. The molecule has 0 aliphatic rings. The van der Waals surface area contributed by atoms with Gasteiger partial charge < -0.3 is 4.98 Å². The van der Waals surface area contributed by atoms with Crippen molar-refractivity contribution in [1.82, 2.24) is 9.97 Å². The third kappa shape index (κ3) is 1.95. The topological polar surface area (TPSA) is 28.7 Å². The van der Waals surface area contributed by atoms with Crippen LogP contribution in [0.3, 0.4) is 0 Å². The molecule has 3 rings (SSSR count). The highest BCUT2D eigenvalue weighted by Crippen LogP contribution is 2.25. The summed E-state index contributed by atoms with van der Waals surface area (Å²) >= 11 is 3.47. The molecule has 0 atom stereocenters. The number of nitrogens with zero attached hydrogens (tertiary/aromatic N) is 1. The minimum Gasteiger partial charge on any atom is -0.338 e. The van der Waals surface area contributed by atoms with Crippen molar-refractivity contribution < 1.29 is 0 Å². The van der Waals surface area contributed by atoms with E-state index in [0.29, 0.717) is 0 Å². The number of fused-ring (bicyclic) bond motifs is 1. The molecule has 1 heterocycles. The molecule has 2 nitrogen and oxygen atoms in total. The number of hydrogen-bond donors (Lipinski definition) is 1. The molecule has 18 heavy (non-hydrogen) atoms. The zero-order valence-corrected chi connectivity index (χ0v) is 11.9. The molecular formula is C15H13BrN2. The number of H-pyrrole nitrogens is 1. The Morgan fingerprint density at radius 1 is 1.06 bits per heavy atom. The van der Waals surface area contributed by atoms with Crippen LogP contribution in [0.25, 0.3) is 22.4 Å². The number of imidazole rings is 1. The molecule has 3 aromatic rings. The van der Waals surface area contributed by atoms with E-state index in [1.54, 1.807) is 0 Å². The van der Waals surface area contributed by atoms with Crippen LogP contribution in [0.1, 0.15) is 11.1 Å². The second-order valence-corrected chi connectivity index (χ2v) is 5.48. The van der Waals surface area contributed by atoms with Crippen LogP contribution < -0.4 is 0 Å². The SMILES string of the molecule is Cc1ccc(-c2nc3ccc(Br)cc3[nH]2)c(C)c1. The predicted molar refractivity (Wildman–Crippen MR) is 78.7 cm³/mol. The van der Waals surface area contributed by atoms with Gasteiger partial charge in [-0.1, -0.05) is 39.7 Å². The molecule has 90 valence electrons. The van der Waals surface area contributed by atoms with Crippen molar-refractivity contribution in [2.75, 3.05) is 0 Å². The Balaban J connectivity index is 2.19. The molecule has 0 radical (unpaired) electrons. The summed E-state index contributed by atoms with van der Waals surface area (Å²) in [5.74, 6) is 0.931. The maximum Gasteiger partial charge on any atom is 0.138 e. The molecule has 0 aliphatic carbocycles. The van der Waals surface area contributed by atoms with Gasteiger partial charge in [-0.05, 0) is 37.6 Å². The van der Waals surface area contributed by atoms with Gasteiger partial charge in [0, 0.05) is 10.0 Å². The summed E-state index contributed by atoms with van der Waals surface area (Å²) in [7, 11) is 0. The first kappa shape index (κ1) is 11.5. The van der Waals surface area contributed by atoms with Crippen molar-refractivity contribution in [3.8, 4) is 11.4 Å². The fourth-order valence-corrected chi connectivity index (χ4v) is 2.55. The Bertz CT molecular complexity index is 728. The van der Waals surface area contributed by atoms with E-state index in [1.807, 2.05) is 12.1 Å². The molecule has 0 amide bonds. The molecule has 0 spiro atoms. The number of halogens is 1. The van der Waals surface area contributed by atoms with E-state index < -0.39 is 0 Å². The van der Waals surface area contributed by atoms with Crippen molar-refractivity contribution in [2.45, 2.75) is 13.8 Å². The zero-order valence-electron chi connectivity index (χ0n) is 10.3. The molecule has 0 unspecified atom stereocenters. The van der Waals surface area contributed by atoms with Gasteiger partial charge >= 0.3 is 0 Å². The van der Waals surface area contributed by atoms with Gasteiger partial charge in [0.05, 0.1) is 11.0 Å². The Morgan fingerprint density at radius 2 is 1.89 bits per heavy atom. The normalized spacial score (nSPS) is 11.1. The number of hydrogen-bond acceptors (Lipinski definition) is 1. The van der Waals surface area contributed by atoms with Gasteiger partial charge in [0.1, 0.15) is 5.82 Å². The highest BCUT2D eigenvalue weighted by atomic mass is 79.9. The summed E-state index contributed by atoms with van der Waals surface area (Å²) < 4.78 is 1.06. The molecule has 0 fully saturated rings. The van der Waals surface area contributed by atoms with Crippen LogP contribution >= 0.6 is 15.9 Å². The third-order valence-electron chi connectivity index (χ3n) is 3.08. The first-order valence-electron chi connectivity index (χ1n) is 5.86. The number of rotatable bonds is 1. The first-order valence-corrected chi connectivity index (χ1v) is 6.66. The zero-order chi connectivity index (χ0) is 12.7. The quantitative estimate of drug-likeness (QED) is 0.698. The number of aromatic nitrogens is 2. The molecule has 1 N–H and O–H groups in total. The monoisotopic (exact) mass is 300 g/mol. The largest absolute Gasteiger partial charge is 0.338 e. The summed E-state index contributed by atoms with van der Waals surface area (Å²) in [5.41, 5.74) is 5.73. The van der Waals surface area contributed by atoms with Crippen LogP contribution in [0.5, 0.6) is 0 Å². The van der Waals surface area contributed by atoms with E-state index in [-0.39, 0.29) is 0 Å². The molecule has 0 aliphatic heterocycles. The summed E-state index contributed by atoms with van der Waals surface area (Å²) in [4.78, 5) is 8.01. The Kier molecular flexibility index (Phi) is 2.71. The number of aromatic amines is 1. The standard InChI is InChI=1S/C15H13BrN2/c1-9-3-5-12(10(2)7-9)15-17-13-6-4-11(16)8-14(13)18-15/h3-8H,1-2H3,(H,17,18). The molecule has 0 saturated carbocycles. The second-order valence-electron chi connectivity index (χ2n) is 4.57. The van der Waals surface area contributed by atoms with Crippen molar-refractivity contribution in [2.24, 2.45) is 0 Å². The van der Waals surface area contributed by atoms with Crippen LogP contribution in [0.2, 0.25) is 0 Å². The fourth-order valence-electron chi connectivity index (χ4n) is 2.19. The highest BCUT2D eigenvalue weighted by Gasteiger charge is 2.07. The van der Waals surface area contributed by atoms with Crippen molar-refractivity contribution in [1.29, 1.82) is 0 Å². The van der Waals surface area contributed by atoms with Crippen LogP contribution in [-0.4, -0.2) is 9.97 Å². The van der Waals surface area contributed by atoms with Crippen molar-refractivity contribution in [3.63, 3.8) is 0 Å². The van der Waals surface area contributed by atoms with Gasteiger partial charge in [0.15, 0.2) is 0 Å². The maximum absolute atomic E-state index is 4.64. The number of aryl methyl sites for hydroxylation is 2. The summed E-state index contributed by atoms with van der Waals surface area (Å²) in [5, 5.41) is 0. The van der Waals surface area contributed by atoms with E-state index in [9.17, 15) is 0 Å². The van der Waals surface area contributed by atoms with E-state index in [0.717, 1.165) is 26.9 Å². The lowest BCUT2D eigenvalue weighted by Crippen LogP contribution is -1.86. The predicted octanol–water partition coefficient (Wildman–Crippen LogP) is 4.61. The summed E-state index contributed by atoms with van der Waals surface area (Å²) in [6.07, 6.45) is 0. The molecular weight excluding hydrogens is 288 g/mol. The minimum absolute atomic E-state index is 0.931. The lowest BCUT2D eigenvalue weighted by molar-refractivity contribution is 1.29. The van der Waals surface area contributed by atoms with Crippen molar-refractivity contribution in [3.05, 3.63) is 52.0 Å².